The molecule has 1 aromatic rings. The zero-order chi connectivity index (χ0) is 12.3. The normalized spacial score (nSPS) is 16.8. The van der Waals surface area contributed by atoms with Crippen LogP contribution in [-0.2, 0) is 11.2 Å². The lowest BCUT2D eigenvalue weighted by Crippen LogP contribution is -2.15. The molecule has 2 rings (SSSR count). The summed E-state index contributed by atoms with van der Waals surface area (Å²) >= 11 is 0. The molecule has 1 aliphatic rings. The van der Waals surface area contributed by atoms with Crippen LogP contribution in [0.25, 0.3) is 0 Å². The Bertz CT molecular complexity index is 393. The van der Waals surface area contributed by atoms with Crippen LogP contribution in [-0.4, -0.2) is 25.0 Å². The minimum absolute atomic E-state index is 0.0722. The van der Waals surface area contributed by atoms with Crippen LogP contribution in [0.5, 0.6) is 0 Å². The van der Waals surface area contributed by atoms with Crippen LogP contribution in [0, 0.1) is 0 Å². The summed E-state index contributed by atoms with van der Waals surface area (Å²) in [5.41, 5.74) is 7.42. The lowest BCUT2D eigenvalue weighted by molar-refractivity contribution is 0.0807. The van der Waals surface area contributed by atoms with Gasteiger partial charge in [-0.3, -0.25) is 4.79 Å². The Morgan fingerprint density at radius 3 is 2.47 bits per heavy atom. The first-order valence-corrected chi connectivity index (χ1v) is 6.06. The van der Waals surface area contributed by atoms with Gasteiger partial charge in [0.25, 0.3) is 0 Å². The van der Waals surface area contributed by atoms with Crippen molar-refractivity contribution in [2.75, 3.05) is 13.7 Å². The summed E-state index contributed by atoms with van der Waals surface area (Å²) < 4.78 is 5.49. The lowest BCUT2D eigenvalue weighted by atomic mass is 10.0. The highest BCUT2D eigenvalue weighted by atomic mass is 16.5. The molecule has 0 heterocycles. The molecule has 0 amide bonds. The van der Waals surface area contributed by atoms with E-state index < -0.39 is 0 Å². The quantitative estimate of drug-likeness (QED) is 0.764. The van der Waals surface area contributed by atoms with Crippen molar-refractivity contribution in [3.05, 3.63) is 35.4 Å². The van der Waals surface area contributed by atoms with Gasteiger partial charge >= 0.3 is 0 Å². The number of methoxy groups -OCH3 is 1. The van der Waals surface area contributed by atoms with Gasteiger partial charge in [0.1, 0.15) is 0 Å². The fourth-order valence-corrected chi connectivity index (χ4v) is 2.05. The maximum atomic E-state index is 11.6. The van der Waals surface area contributed by atoms with Crippen molar-refractivity contribution in [2.24, 2.45) is 5.73 Å². The molecule has 1 aliphatic carbocycles. The first-order chi connectivity index (χ1) is 8.19. The molecule has 3 nitrogen and oxygen atoms in total. The Kier molecular flexibility index (Phi) is 3.60. The van der Waals surface area contributed by atoms with Gasteiger partial charge in [-0.05, 0) is 24.9 Å². The largest absolute Gasteiger partial charge is 0.378 e. The number of ketones is 1. The molecule has 92 valence electrons. The molecule has 0 aliphatic heterocycles. The maximum absolute atomic E-state index is 11.6. The number of rotatable bonds is 6. The number of nitrogens with two attached hydrogens (primary N) is 1. The highest BCUT2D eigenvalue weighted by Crippen LogP contribution is 2.41. The van der Waals surface area contributed by atoms with Crippen molar-refractivity contribution in [3.63, 3.8) is 0 Å². The van der Waals surface area contributed by atoms with E-state index in [2.05, 4.69) is 0 Å². The molecule has 0 radical (unpaired) electrons. The van der Waals surface area contributed by atoms with Gasteiger partial charge in [-0.1, -0.05) is 24.3 Å². The van der Waals surface area contributed by atoms with Crippen LogP contribution in [0.4, 0.5) is 0 Å². The first kappa shape index (κ1) is 12.3. The fourth-order valence-electron chi connectivity index (χ4n) is 2.05. The number of carbonyl (C=O) groups is 1. The van der Waals surface area contributed by atoms with Crippen LogP contribution < -0.4 is 5.73 Å². The fraction of sp³-hybridized carbons (Fsp3) is 0.500. The summed E-state index contributed by atoms with van der Waals surface area (Å²) in [7, 11) is 1.77. The van der Waals surface area contributed by atoms with Crippen LogP contribution in [0.3, 0.4) is 0 Å². The standard InChI is InChI=1S/C14H19NO2/c1-17-14(7-8-14)10-11-2-4-12(5-3-11)13(16)6-9-15/h2-5H,6-10,15H2,1H3. The van der Waals surface area contributed by atoms with E-state index in [1.54, 1.807) is 7.11 Å². The summed E-state index contributed by atoms with van der Waals surface area (Å²) in [6.45, 7) is 0.410. The summed E-state index contributed by atoms with van der Waals surface area (Å²) in [6, 6.07) is 7.81. The van der Waals surface area contributed by atoms with Crippen molar-refractivity contribution in [1.82, 2.24) is 0 Å². The SMILES string of the molecule is COC1(Cc2ccc(C(=O)CCN)cc2)CC1. The maximum Gasteiger partial charge on any atom is 0.164 e. The van der Waals surface area contributed by atoms with Crippen LogP contribution in [0.1, 0.15) is 35.2 Å². The summed E-state index contributed by atoms with van der Waals surface area (Å²) in [6.07, 6.45) is 3.63. The molecular formula is C14H19NO2. The number of Topliss-reactive ketones (excluding diaryl/α,β-unsaturated/α-hetero) is 1. The molecule has 1 fully saturated rings. The van der Waals surface area contributed by atoms with Crippen molar-refractivity contribution in [2.45, 2.75) is 31.3 Å². The third-order valence-corrected chi connectivity index (χ3v) is 3.41. The summed E-state index contributed by atoms with van der Waals surface area (Å²) in [5, 5.41) is 0. The van der Waals surface area contributed by atoms with E-state index in [1.807, 2.05) is 24.3 Å². The Labute approximate surface area is 102 Å². The monoisotopic (exact) mass is 233 g/mol. The van der Waals surface area contributed by atoms with E-state index in [0.29, 0.717) is 13.0 Å². The van der Waals surface area contributed by atoms with E-state index in [0.717, 1.165) is 24.8 Å². The predicted molar refractivity (Wildman–Crippen MR) is 67.1 cm³/mol. The third kappa shape index (κ3) is 2.93. The summed E-state index contributed by atoms with van der Waals surface area (Å²) in [5.74, 6) is 0.118. The first-order valence-electron chi connectivity index (χ1n) is 6.06. The molecule has 0 spiro atoms. The van der Waals surface area contributed by atoms with Gasteiger partial charge in [0.2, 0.25) is 0 Å². The van der Waals surface area contributed by atoms with E-state index in [9.17, 15) is 4.79 Å². The minimum Gasteiger partial charge on any atom is -0.378 e. The number of carbonyl (C=O) groups excluding carboxylic acids is 1. The van der Waals surface area contributed by atoms with E-state index in [1.165, 1.54) is 5.56 Å². The van der Waals surface area contributed by atoms with E-state index in [4.69, 9.17) is 10.5 Å². The molecule has 3 heteroatoms. The van der Waals surface area contributed by atoms with Gasteiger partial charge in [-0.15, -0.1) is 0 Å². The highest BCUT2D eigenvalue weighted by molar-refractivity contribution is 5.96. The molecular weight excluding hydrogens is 214 g/mol. The van der Waals surface area contributed by atoms with Crippen molar-refractivity contribution in [3.8, 4) is 0 Å². The zero-order valence-electron chi connectivity index (χ0n) is 10.2. The Balaban J connectivity index is 2.00. The average molecular weight is 233 g/mol. The Morgan fingerprint density at radius 1 is 1.35 bits per heavy atom. The molecule has 1 aromatic carbocycles. The number of hydrogen-bond donors (Lipinski definition) is 1. The molecule has 0 aromatic heterocycles. The van der Waals surface area contributed by atoms with Gasteiger partial charge in [-0.2, -0.15) is 0 Å². The Morgan fingerprint density at radius 2 is 2.00 bits per heavy atom. The summed E-state index contributed by atoms with van der Waals surface area (Å²) in [4.78, 5) is 11.6. The molecule has 0 atom stereocenters. The molecule has 17 heavy (non-hydrogen) atoms. The highest BCUT2D eigenvalue weighted by Gasteiger charge is 2.42. The smallest absolute Gasteiger partial charge is 0.164 e. The van der Waals surface area contributed by atoms with Crippen LogP contribution >= 0.6 is 0 Å². The van der Waals surface area contributed by atoms with Gasteiger partial charge in [-0.25, -0.2) is 0 Å². The van der Waals surface area contributed by atoms with Crippen LogP contribution in [0.2, 0.25) is 0 Å². The van der Waals surface area contributed by atoms with Gasteiger partial charge in [0, 0.05) is 25.5 Å². The second-order valence-corrected chi connectivity index (χ2v) is 4.72. The van der Waals surface area contributed by atoms with E-state index in [-0.39, 0.29) is 11.4 Å². The van der Waals surface area contributed by atoms with Crippen LogP contribution in [0.15, 0.2) is 24.3 Å². The number of ether oxygens (including phenoxy) is 1. The topological polar surface area (TPSA) is 52.3 Å². The zero-order valence-corrected chi connectivity index (χ0v) is 10.2. The molecule has 1 saturated carbocycles. The van der Waals surface area contributed by atoms with Gasteiger partial charge < -0.3 is 10.5 Å². The van der Waals surface area contributed by atoms with Crippen molar-refractivity contribution in [1.29, 1.82) is 0 Å². The van der Waals surface area contributed by atoms with Gasteiger partial charge in [0.15, 0.2) is 5.78 Å². The molecule has 0 unspecified atom stereocenters. The number of benzene rings is 1. The average Bonchev–Trinajstić information content (AvgIpc) is 3.11. The molecule has 0 bridgehead atoms. The molecule has 2 N–H and O–H groups in total. The molecule has 0 saturated heterocycles. The second kappa shape index (κ2) is 4.98. The minimum atomic E-state index is 0.0722. The second-order valence-electron chi connectivity index (χ2n) is 4.72. The van der Waals surface area contributed by atoms with Crippen molar-refractivity contribution >= 4 is 5.78 Å². The van der Waals surface area contributed by atoms with Gasteiger partial charge in [0.05, 0.1) is 5.60 Å². The van der Waals surface area contributed by atoms with E-state index >= 15 is 0 Å². The third-order valence-electron chi connectivity index (χ3n) is 3.41. The predicted octanol–water partition coefficient (Wildman–Crippen LogP) is 1.94. The lowest BCUT2D eigenvalue weighted by Gasteiger charge is -2.13. The van der Waals surface area contributed by atoms with Crippen molar-refractivity contribution < 1.29 is 9.53 Å². The Hall–Kier alpha value is -1.19. The number of hydrogen-bond acceptors (Lipinski definition) is 3.